The molecule has 5 amide bonds. The molecule has 3 heterocycles. The SMILES string of the molecule is CC(C)(C)OC(=O)NC(=N)N(CCNC(=O)c1nc2c(s1)C1CN(C2)C(=O)N1OS(=O)(=O)O)C(=O)OC(C)(C)C. The standard InChI is InChI=1S/C21H31N7O10S2/c1-20(2,3)36-17(30)25-16(22)27(19(32)37-21(4,5)6)8-7-23-14(29)15-24-11-9-26-10-12(13(11)39-15)28(18(26)31)38-40(33,34)35/h12H,7-10H2,1-6H3,(H,23,29)(H2,22,25,30)(H,33,34,35). The van der Waals surface area contributed by atoms with Gasteiger partial charge < -0.3 is 19.7 Å². The zero-order valence-electron chi connectivity index (χ0n) is 22.6. The fraction of sp³-hybridized carbons (Fsp3) is 0.619. The molecule has 222 valence electrons. The van der Waals surface area contributed by atoms with Gasteiger partial charge in [0, 0.05) is 13.1 Å². The highest BCUT2D eigenvalue weighted by Gasteiger charge is 2.48. The van der Waals surface area contributed by atoms with Gasteiger partial charge >= 0.3 is 28.6 Å². The van der Waals surface area contributed by atoms with E-state index in [9.17, 15) is 27.6 Å². The van der Waals surface area contributed by atoms with Crippen LogP contribution in [0.25, 0.3) is 0 Å². The highest BCUT2D eigenvalue weighted by Crippen LogP contribution is 2.41. The van der Waals surface area contributed by atoms with E-state index in [-0.39, 0.29) is 31.2 Å². The first kappa shape index (κ1) is 31.0. The third-order valence-electron chi connectivity index (χ3n) is 5.00. The number of urea groups is 1. The van der Waals surface area contributed by atoms with Gasteiger partial charge in [-0.05, 0) is 41.5 Å². The van der Waals surface area contributed by atoms with E-state index in [2.05, 4.69) is 19.9 Å². The van der Waals surface area contributed by atoms with Gasteiger partial charge in [-0.1, -0.05) is 0 Å². The Bertz CT molecular complexity index is 1320. The molecule has 40 heavy (non-hydrogen) atoms. The van der Waals surface area contributed by atoms with Crippen LogP contribution in [0.3, 0.4) is 0 Å². The summed E-state index contributed by atoms with van der Waals surface area (Å²) in [5.74, 6) is -1.27. The maximum absolute atomic E-state index is 12.8. The molecule has 0 spiro atoms. The summed E-state index contributed by atoms with van der Waals surface area (Å²) >= 11 is 0.906. The minimum Gasteiger partial charge on any atom is -0.444 e. The first-order valence-corrected chi connectivity index (χ1v) is 14.0. The molecule has 1 fully saturated rings. The van der Waals surface area contributed by atoms with Crippen LogP contribution in [0.2, 0.25) is 0 Å². The van der Waals surface area contributed by atoms with Crippen molar-refractivity contribution >= 4 is 51.8 Å². The van der Waals surface area contributed by atoms with E-state index in [1.165, 1.54) is 4.90 Å². The van der Waals surface area contributed by atoms with Gasteiger partial charge in [-0.3, -0.25) is 20.1 Å². The predicted molar refractivity (Wildman–Crippen MR) is 138 cm³/mol. The molecule has 0 aliphatic carbocycles. The van der Waals surface area contributed by atoms with Gasteiger partial charge in [0.1, 0.15) is 17.2 Å². The molecule has 1 saturated heterocycles. The lowest BCUT2D eigenvalue weighted by Crippen LogP contribution is -2.51. The van der Waals surface area contributed by atoms with Crippen molar-refractivity contribution in [3.8, 4) is 0 Å². The van der Waals surface area contributed by atoms with E-state index in [1.807, 2.05) is 0 Å². The topological polar surface area (TPSA) is 221 Å². The van der Waals surface area contributed by atoms with E-state index in [4.69, 9.17) is 19.4 Å². The fourth-order valence-electron chi connectivity index (χ4n) is 3.59. The highest BCUT2D eigenvalue weighted by molar-refractivity contribution is 7.80. The second kappa shape index (κ2) is 11.1. The number of nitrogens with one attached hydrogen (secondary N) is 3. The molecule has 3 rings (SSSR count). The monoisotopic (exact) mass is 605 g/mol. The summed E-state index contributed by atoms with van der Waals surface area (Å²) in [5.41, 5.74) is -1.39. The van der Waals surface area contributed by atoms with Crippen molar-refractivity contribution in [1.29, 1.82) is 5.41 Å². The number of carbonyl (C=O) groups is 4. The Morgan fingerprint density at radius 1 is 1.18 bits per heavy atom. The van der Waals surface area contributed by atoms with Gasteiger partial charge in [0.05, 0.1) is 23.7 Å². The Labute approximate surface area is 234 Å². The fourth-order valence-corrected chi connectivity index (χ4v) is 5.03. The normalized spacial score (nSPS) is 16.8. The summed E-state index contributed by atoms with van der Waals surface area (Å²) in [6.07, 6.45) is -1.90. The molecular formula is C21H31N7O10S2. The second-order valence-corrected chi connectivity index (χ2v) is 12.7. The summed E-state index contributed by atoms with van der Waals surface area (Å²) < 4.78 is 46.2. The Morgan fingerprint density at radius 3 is 2.38 bits per heavy atom. The van der Waals surface area contributed by atoms with Crippen LogP contribution < -0.4 is 10.6 Å². The van der Waals surface area contributed by atoms with Crippen LogP contribution in [-0.4, -0.2) is 93.7 Å². The second-order valence-electron chi connectivity index (χ2n) is 10.7. The molecule has 1 unspecified atom stereocenters. The molecule has 2 bridgehead atoms. The number of carbonyl (C=O) groups excluding carboxylic acids is 4. The number of hydrogen-bond donors (Lipinski definition) is 4. The zero-order valence-corrected chi connectivity index (χ0v) is 24.3. The average molecular weight is 606 g/mol. The van der Waals surface area contributed by atoms with E-state index < -0.39 is 57.7 Å². The van der Waals surface area contributed by atoms with Gasteiger partial charge in [0.15, 0.2) is 5.01 Å². The minimum absolute atomic E-state index is 0.000295. The van der Waals surface area contributed by atoms with E-state index >= 15 is 0 Å². The van der Waals surface area contributed by atoms with Crippen molar-refractivity contribution in [3.05, 3.63) is 15.6 Å². The summed E-state index contributed by atoms with van der Waals surface area (Å²) in [6.45, 7) is 9.40. The maximum atomic E-state index is 12.8. The minimum atomic E-state index is -4.96. The van der Waals surface area contributed by atoms with Crippen molar-refractivity contribution in [2.45, 2.75) is 65.3 Å². The van der Waals surface area contributed by atoms with Crippen molar-refractivity contribution < 1.29 is 45.9 Å². The molecule has 0 radical (unpaired) electrons. The number of hydroxylamine groups is 2. The molecule has 19 heteroatoms. The van der Waals surface area contributed by atoms with Crippen molar-refractivity contribution in [2.24, 2.45) is 0 Å². The molecular weight excluding hydrogens is 574 g/mol. The van der Waals surface area contributed by atoms with Crippen LogP contribution in [-0.2, 0) is 30.7 Å². The number of amides is 5. The molecule has 2 aliphatic heterocycles. The Morgan fingerprint density at radius 2 is 1.80 bits per heavy atom. The number of aromatic nitrogens is 1. The Kier molecular flexibility index (Phi) is 8.63. The van der Waals surface area contributed by atoms with Crippen LogP contribution >= 0.6 is 11.3 Å². The molecule has 1 aromatic rings. The average Bonchev–Trinajstić information content (AvgIpc) is 3.29. The summed E-state index contributed by atoms with van der Waals surface area (Å²) in [6, 6.07) is -1.68. The maximum Gasteiger partial charge on any atom is 0.418 e. The lowest BCUT2D eigenvalue weighted by atomic mass is 10.1. The van der Waals surface area contributed by atoms with Crippen molar-refractivity contribution in [3.63, 3.8) is 0 Å². The van der Waals surface area contributed by atoms with Crippen molar-refractivity contribution in [1.82, 2.24) is 30.5 Å². The number of fused-ring (bicyclic) bond motifs is 4. The molecule has 2 aliphatic rings. The lowest BCUT2D eigenvalue weighted by Gasteiger charge is -2.28. The molecule has 1 atom stereocenters. The summed E-state index contributed by atoms with van der Waals surface area (Å²) in [5, 5.41) is 13.4. The number of thiazole rings is 1. The van der Waals surface area contributed by atoms with Crippen LogP contribution in [0.15, 0.2) is 0 Å². The van der Waals surface area contributed by atoms with Gasteiger partial charge in [-0.15, -0.1) is 15.6 Å². The molecule has 4 N–H and O–H groups in total. The van der Waals surface area contributed by atoms with Crippen molar-refractivity contribution in [2.75, 3.05) is 19.6 Å². The quantitative estimate of drug-likeness (QED) is 0.207. The van der Waals surface area contributed by atoms with Crippen LogP contribution in [0, 0.1) is 5.41 Å². The van der Waals surface area contributed by atoms with E-state index in [0.717, 1.165) is 16.2 Å². The number of alkyl carbamates (subject to hydrolysis) is 1. The third kappa shape index (κ3) is 7.99. The summed E-state index contributed by atoms with van der Waals surface area (Å²) in [4.78, 5) is 56.7. The lowest BCUT2D eigenvalue weighted by molar-refractivity contribution is -0.0307. The molecule has 1 aromatic heterocycles. The van der Waals surface area contributed by atoms with E-state index in [0.29, 0.717) is 15.6 Å². The molecule has 0 aromatic carbocycles. The number of nitrogens with zero attached hydrogens (tertiary/aromatic N) is 4. The molecule has 0 saturated carbocycles. The highest BCUT2D eigenvalue weighted by atomic mass is 32.3. The number of ether oxygens (including phenoxy) is 2. The van der Waals surface area contributed by atoms with Gasteiger partial charge in [0.2, 0.25) is 5.96 Å². The number of hydrogen-bond acceptors (Lipinski definition) is 12. The Balaban J connectivity index is 1.67. The zero-order chi connectivity index (χ0) is 30.2. The largest absolute Gasteiger partial charge is 0.444 e. The summed E-state index contributed by atoms with van der Waals surface area (Å²) in [7, 11) is -4.96. The smallest absolute Gasteiger partial charge is 0.418 e. The number of rotatable bonds is 6. The van der Waals surface area contributed by atoms with Crippen LogP contribution in [0.5, 0.6) is 0 Å². The van der Waals surface area contributed by atoms with Gasteiger partial charge in [0.25, 0.3) is 5.91 Å². The van der Waals surface area contributed by atoms with E-state index in [1.54, 1.807) is 41.5 Å². The predicted octanol–water partition coefficient (Wildman–Crippen LogP) is 1.60. The third-order valence-corrected chi connectivity index (χ3v) is 6.55. The number of guanidine groups is 1. The van der Waals surface area contributed by atoms with Crippen LogP contribution in [0.1, 0.15) is 68.0 Å². The first-order valence-electron chi connectivity index (χ1n) is 11.9. The first-order chi connectivity index (χ1) is 18.2. The Hall–Kier alpha value is -3.55. The van der Waals surface area contributed by atoms with Gasteiger partial charge in [-0.25, -0.2) is 24.3 Å². The van der Waals surface area contributed by atoms with Gasteiger partial charge in [-0.2, -0.15) is 13.5 Å². The van der Waals surface area contributed by atoms with Crippen LogP contribution in [0.4, 0.5) is 14.4 Å². The molecule has 17 nitrogen and oxygen atoms in total.